The Labute approximate surface area is 202 Å². The molecule has 2 aromatic carbocycles. The van der Waals surface area contributed by atoms with E-state index in [1.165, 1.54) is 18.0 Å². The third-order valence-corrected chi connectivity index (χ3v) is 5.59. The summed E-state index contributed by atoms with van der Waals surface area (Å²) in [5, 5.41) is 4.93. The van der Waals surface area contributed by atoms with Crippen LogP contribution in [0.3, 0.4) is 0 Å². The topological polar surface area (TPSA) is 82.8 Å². The lowest BCUT2D eigenvalue weighted by Crippen LogP contribution is -2.29. The quantitative estimate of drug-likeness (QED) is 0.320. The molecule has 168 valence electrons. The number of benzene rings is 2. The molecule has 32 heavy (non-hydrogen) atoms. The van der Waals surface area contributed by atoms with E-state index < -0.39 is 17.5 Å². The number of carbonyl (C=O) groups is 1. The maximum Gasteiger partial charge on any atom is 0.346 e. The van der Waals surface area contributed by atoms with Crippen molar-refractivity contribution >= 4 is 54.9 Å². The van der Waals surface area contributed by atoms with Gasteiger partial charge in [-0.05, 0) is 43.3 Å². The van der Waals surface area contributed by atoms with E-state index in [0.29, 0.717) is 28.0 Å². The van der Waals surface area contributed by atoms with E-state index in [2.05, 4.69) is 37.0 Å². The Bertz CT molecular complexity index is 1260. The second-order valence-corrected chi connectivity index (χ2v) is 10.0. The van der Waals surface area contributed by atoms with Crippen molar-refractivity contribution < 1.29 is 14.3 Å². The van der Waals surface area contributed by atoms with E-state index in [0.717, 1.165) is 8.95 Å². The summed E-state index contributed by atoms with van der Waals surface area (Å²) in [4.78, 5) is 29.8. The molecular formula is C23H23Br2N3O4. The first-order valence-corrected chi connectivity index (χ1v) is 11.4. The number of carbonyl (C=O) groups excluding carboxylic acids is 1. The zero-order valence-electron chi connectivity index (χ0n) is 18.3. The fraction of sp³-hybridized carbons (Fsp3) is 0.304. The third kappa shape index (κ3) is 5.27. The van der Waals surface area contributed by atoms with E-state index in [4.69, 9.17) is 14.5 Å². The summed E-state index contributed by atoms with van der Waals surface area (Å²) in [7, 11) is 1.30. The molecule has 9 heteroatoms. The minimum absolute atomic E-state index is 0.280. The summed E-state index contributed by atoms with van der Waals surface area (Å²) in [6, 6.07) is 10.7. The normalized spacial score (nSPS) is 12.8. The maximum atomic E-state index is 13.3. The monoisotopic (exact) mass is 563 g/mol. The number of fused-ring (bicyclic) bond motifs is 1. The maximum absolute atomic E-state index is 13.3. The van der Waals surface area contributed by atoms with Gasteiger partial charge in [0.05, 0.1) is 24.2 Å². The zero-order chi connectivity index (χ0) is 23.6. The highest BCUT2D eigenvalue weighted by molar-refractivity contribution is 9.10. The standard InChI is InChI=1S/C23H23Br2N3O4/c1-13(21(30)31-5)32-19-9-7-15(24)10-14(19)12-26-28-20(29)17-11-16(25)6-8-18(17)27-22(28)23(2,3)4/h6-13H,1-5H3/t13-/m1/s1. The van der Waals surface area contributed by atoms with Crippen molar-refractivity contribution in [3.8, 4) is 5.75 Å². The number of methoxy groups -OCH3 is 1. The SMILES string of the molecule is COC(=O)[C@@H](C)Oc1ccc(Br)cc1C=Nn1c(C(C)(C)C)nc2ccc(Br)cc2c1=O. The van der Waals surface area contributed by atoms with Crippen molar-refractivity contribution in [2.24, 2.45) is 5.10 Å². The van der Waals surface area contributed by atoms with Crippen LogP contribution in [0.4, 0.5) is 0 Å². The minimum Gasteiger partial charge on any atom is -0.478 e. The number of rotatable bonds is 5. The van der Waals surface area contributed by atoms with Gasteiger partial charge in [0.2, 0.25) is 0 Å². The van der Waals surface area contributed by atoms with Crippen molar-refractivity contribution in [2.45, 2.75) is 39.2 Å². The van der Waals surface area contributed by atoms with Crippen molar-refractivity contribution in [2.75, 3.05) is 7.11 Å². The van der Waals surface area contributed by atoms with E-state index in [-0.39, 0.29) is 5.56 Å². The number of nitrogens with zero attached hydrogens (tertiary/aromatic N) is 3. The molecule has 3 rings (SSSR count). The molecule has 1 heterocycles. The molecule has 0 aliphatic heterocycles. The summed E-state index contributed by atoms with van der Waals surface area (Å²) in [5.41, 5.74) is 0.468. The number of esters is 1. The Morgan fingerprint density at radius 1 is 1.16 bits per heavy atom. The van der Waals surface area contributed by atoms with Crippen molar-refractivity contribution in [3.05, 3.63) is 67.1 Å². The van der Waals surface area contributed by atoms with Gasteiger partial charge in [-0.2, -0.15) is 9.78 Å². The van der Waals surface area contributed by atoms with Gasteiger partial charge in [-0.25, -0.2) is 9.78 Å². The molecule has 0 N–H and O–H groups in total. The first-order valence-electron chi connectivity index (χ1n) is 9.82. The predicted molar refractivity (Wildman–Crippen MR) is 132 cm³/mol. The third-order valence-electron chi connectivity index (χ3n) is 4.60. The molecule has 0 aliphatic carbocycles. The van der Waals surface area contributed by atoms with Gasteiger partial charge in [-0.3, -0.25) is 4.79 Å². The van der Waals surface area contributed by atoms with Gasteiger partial charge in [-0.15, -0.1) is 0 Å². The molecule has 3 aromatic rings. The molecule has 0 radical (unpaired) electrons. The molecule has 0 saturated heterocycles. The first-order chi connectivity index (χ1) is 15.0. The van der Waals surface area contributed by atoms with Crippen LogP contribution in [0.1, 0.15) is 39.1 Å². The van der Waals surface area contributed by atoms with Gasteiger partial charge in [0.1, 0.15) is 11.6 Å². The summed E-state index contributed by atoms with van der Waals surface area (Å²) < 4.78 is 13.4. The number of hydrogen-bond acceptors (Lipinski definition) is 6. The molecular weight excluding hydrogens is 542 g/mol. The Balaban J connectivity index is 2.14. The van der Waals surface area contributed by atoms with E-state index in [9.17, 15) is 9.59 Å². The van der Waals surface area contributed by atoms with Crippen LogP contribution in [-0.2, 0) is 14.9 Å². The summed E-state index contributed by atoms with van der Waals surface area (Å²) in [6.07, 6.45) is 0.715. The molecule has 0 saturated carbocycles. The lowest BCUT2D eigenvalue weighted by Gasteiger charge is -2.21. The fourth-order valence-electron chi connectivity index (χ4n) is 2.99. The van der Waals surface area contributed by atoms with Crippen LogP contribution in [0.2, 0.25) is 0 Å². The Kier molecular flexibility index (Phi) is 7.19. The van der Waals surface area contributed by atoms with Crippen molar-refractivity contribution in [1.82, 2.24) is 9.66 Å². The minimum atomic E-state index is -0.805. The van der Waals surface area contributed by atoms with Crippen LogP contribution < -0.4 is 10.3 Å². The fourth-order valence-corrected chi connectivity index (χ4v) is 3.73. The van der Waals surface area contributed by atoms with Crippen LogP contribution >= 0.6 is 31.9 Å². The lowest BCUT2D eigenvalue weighted by molar-refractivity contribution is -0.147. The Hall–Kier alpha value is -2.52. The number of halogens is 2. The summed E-state index contributed by atoms with van der Waals surface area (Å²) in [5.74, 6) is 0.456. The van der Waals surface area contributed by atoms with Gasteiger partial charge in [0.25, 0.3) is 5.56 Å². The van der Waals surface area contributed by atoms with Crippen LogP contribution in [0.5, 0.6) is 5.75 Å². The smallest absolute Gasteiger partial charge is 0.346 e. The summed E-state index contributed by atoms with van der Waals surface area (Å²) in [6.45, 7) is 7.51. The molecule has 1 aromatic heterocycles. The van der Waals surface area contributed by atoms with Gasteiger partial charge in [0, 0.05) is 19.9 Å². The van der Waals surface area contributed by atoms with Gasteiger partial charge in [0.15, 0.2) is 6.10 Å². The number of hydrogen-bond donors (Lipinski definition) is 0. The van der Waals surface area contributed by atoms with Gasteiger partial charge >= 0.3 is 5.97 Å². The second-order valence-electron chi connectivity index (χ2n) is 8.17. The van der Waals surface area contributed by atoms with Crippen LogP contribution in [0.15, 0.2) is 55.2 Å². The number of ether oxygens (including phenoxy) is 2. The largest absolute Gasteiger partial charge is 0.478 e. The van der Waals surface area contributed by atoms with Gasteiger partial charge < -0.3 is 9.47 Å². The highest BCUT2D eigenvalue weighted by atomic mass is 79.9. The molecule has 0 amide bonds. The van der Waals surface area contributed by atoms with Crippen molar-refractivity contribution in [3.63, 3.8) is 0 Å². The molecule has 0 fully saturated rings. The molecule has 0 unspecified atom stereocenters. The second kappa shape index (κ2) is 9.54. The molecule has 0 bridgehead atoms. The molecule has 0 spiro atoms. The molecule has 7 nitrogen and oxygen atoms in total. The summed E-state index contributed by atoms with van der Waals surface area (Å²) >= 11 is 6.85. The van der Waals surface area contributed by atoms with E-state index in [1.807, 2.05) is 26.8 Å². The van der Waals surface area contributed by atoms with Crippen molar-refractivity contribution in [1.29, 1.82) is 0 Å². The average Bonchev–Trinajstić information content (AvgIpc) is 2.73. The van der Waals surface area contributed by atoms with Gasteiger partial charge in [-0.1, -0.05) is 52.6 Å². The first kappa shape index (κ1) is 24.1. The van der Waals surface area contributed by atoms with Crippen LogP contribution in [0.25, 0.3) is 10.9 Å². The zero-order valence-corrected chi connectivity index (χ0v) is 21.5. The Morgan fingerprint density at radius 2 is 1.81 bits per heavy atom. The highest BCUT2D eigenvalue weighted by Crippen LogP contribution is 2.25. The molecule has 1 atom stereocenters. The average molecular weight is 565 g/mol. The predicted octanol–water partition coefficient (Wildman–Crippen LogP) is 5.04. The van der Waals surface area contributed by atoms with E-state index in [1.54, 1.807) is 37.3 Å². The highest BCUT2D eigenvalue weighted by Gasteiger charge is 2.23. The number of aromatic nitrogens is 2. The molecule has 0 aliphatic rings. The Morgan fingerprint density at radius 3 is 2.47 bits per heavy atom. The van der Waals surface area contributed by atoms with Crippen LogP contribution in [0, 0.1) is 0 Å². The van der Waals surface area contributed by atoms with Crippen LogP contribution in [-0.4, -0.2) is 35.1 Å². The van der Waals surface area contributed by atoms with E-state index >= 15 is 0 Å². The lowest BCUT2D eigenvalue weighted by atomic mass is 9.95.